The SMILES string of the molecule is COC(=O)[C@@H]1Cc2ccc(O)cc2CN1C(=O)C(C)(C)C. The highest BCUT2D eigenvalue weighted by atomic mass is 16.5. The van der Waals surface area contributed by atoms with Crippen LogP contribution in [0.1, 0.15) is 31.9 Å². The average Bonchev–Trinajstić information content (AvgIpc) is 2.43. The number of aromatic hydroxyl groups is 1. The number of phenols is 1. The highest BCUT2D eigenvalue weighted by Crippen LogP contribution is 2.30. The number of fused-ring (bicyclic) bond motifs is 1. The molecule has 0 saturated heterocycles. The van der Waals surface area contributed by atoms with Crippen LogP contribution in [0.4, 0.5) is 0 Å². The van der Waals surface area contributed by atoms with E-state index in [-0.39, 0.29) is 11.7 Å². The first kappa shape index (κ1) is 15.4. The summed E-state index contributed by atoms with van der Waals surface area (Å²) in [6.45, 7) is 5.77. The fraction of sp³-hybridized carbons (Fsp3) is 0.500. The zero-order chi connectivity index (χ0) is 15.8. The number of hydrogen-bond donors (Lipinski definition) is 1. The van der Waals surface area contributed by atoms with Crippen LogP contribution in [0.5, 0.6) is 5.75 Å². The Morgan fingerprint density at radius 1 is 1.29 bits per heavy atom. The number of benzene rings is 1. The maximum atomic E-state index is 12.6. The molecule has 21 heavy (non-hydrogen) atoms. The minimum atomic E-state index is -0.612. The summed E-state index contributed by atoms with van der Waals surface area (Å²) < 4.78 is 4.84. The van der Waals surface area contributed by atoms with Crippen LogP contribution in [-0.2, 0) is 27.3 Å². The van der Waals surface area contributed by atoms with Gasteiger partial charge in [0.1, 0.15) is 11.8 Å². The summed E-state index contributed by atoms with van der Waals surface area (Å²) in [7, 11) is 1.33. The lowest BCUT2D eigenvalue weighted by atomic mass is 9.88. The minimum Gasteiger partial charge on any atom is -0.508 e. The van der Waals surface area contributed by atoms with Crippen molar-refractivity contribution in [1.82, 2.24) is 4.90 Å². The van der Waals surface area contributed by atoms with Crippen LogP contribution in [0.25, 0.3) is 0 Å². The summed E-state index contributed by atoms with van der Waals surface area (Å²) in [4.78, 5) is 26.2. The Hall–Kier alpha value is -2.04. The van der Waals surface area contributed by atoms with E-state index < -0.39 is 17.4 Å². The fourth-order valence-electron chi connectivity index (χ4n) is 2.56. The molecule has 0 bridgehead atoms. The van der Waals surface area contributed by atoms with Crippen LogP contribution in [0.15, 0.2) is 18.2 Å². The first-order valence-corrected chi connectivity index (χ1v) is 6.93. The van der Waals surface area contributed by atoms with Gasteiger partial charge in [-0.3, -0.25) is 4.79 Å². The molecule has 0 spiro atoms. The van der Waals surface area contributed by atoms with Gasteiger partial charge in [0.25, 0.3) is 0 Å². The van der Waals surface area contributed by atoms with Gasteiger partial charge in [-0.25, -0.2) is 4.79 Å². The number of hydrogen-bond acceptors (Lipinski definition) is 4. The Morgan fingerprint density at radius 2 is 1.95 bits per heavy atom. The minimum absolute atomic E-state index is 0.105. The molecule has 1 aliphatic rings. The van der Waals surface area contributed by atoms with Gasteiger partial charge in [0.05, 0.1) is 7.11 Å². The number of amides is 1. The van der Waals surface area contributed by atoms with E-state index in [9.17, 15) is 14.7 Å². The summed E-state index contributed by atoms with van der Waals surface area (Å²) in [6, 6.07) is 4.42. The third-order valence-corrected chi connectivity index (χ3v) is 3.70. The zero-order valence-electron chi connectivity index (χ0n) is 12.8. The Kier molecular flexibility index (Phi) is 3.94. The van der Waals surface area contributed by atoms with Crippen LogP contribution in [0, 0.1) is 5.41 Å². The molecule has 0 radical (unpaired) electrons. The third kappa shape index (κ3) is 3.01. The van der Waals surface area contributed by atoms with Gasteiger partial charge in [-0.2, -0.15) is 0 Å². The third-order valence-electron chi connectivity index (χ3n) is 3.70. The molecular weight excluding hydrogens is 270 g/mol. The molecule has 2 rings (SSSR count). The van der Waals surface area contributed by atoms with Crippen molar-refractivity contribution >= 4 is 11.9 Å². The highest BCUT2D eigenvalue weighted by molar-refractivity contribution is 5.88. The number of rotatable bonds is 1. The highest BCUT2D eigenvalue weighted by Gasteiger charge is 2.39. The monoisotopic (exact) mass is 291 g/mol. The molecule has 0 fully saturated rings. The van der Waals surface area contributed by atoms with Crippen LogP contribution >= 0.6 is 0 Å². The second-order valence-corrected chi connectivity index (χ2v) is 6.38. The second-order valence-electron chi connectivity index (χ2n) is 6.38. The molecule has 0 saturated carbocycles. The molecule has 5 heteroatoms. The molecular formula is C16H21NO4. The van der Waals surface area contributed by atoms with Crippen molar-refractivity contribution in [2.45, 2.75) is 39.8 Å². The van der Waals surface area contributed by atoms with Crippen molar-refractivity contribution < 1.29 is 19.4 Å². The lowest BCUT2D eigenvalue weighted by molar-refractivity contribution is -0.157. The van der Waals surface area contributed by atoms with E-state index in [0.717, 1.165) is 11.1 Å². The Bertz CT molecular complexity index is 574. The number of phenolic OH excluding ortho intramolecular Hbond substituents is 1. The van der Waals surface area contributed by atoms with Gasteiger partial charge in [0.2, 0.25) is 5.91 Å². The molecule has 1 aliphatic heterocycles. The molecule has 1 atom stereocenters. The Balaban J connectivity index is 2.41. The van der Waals surface area contributed by atoms with E-state index in [4.69, 9.17) is 4.74 Å². The molecule has 5 nitrogen and oxygen atoms in total. The topological polar surface area (TPSA) is 66.8 Å². The average molecular weight is 291 g/mol. The molecule has 1 N–H and O–H groups in total. The Morgan fingerprint density at radius 3 is 2.52 bits per heavy atom. The predicted molar refractivity (Wildman–Crippen MR) is 77.6 cm³/mol. The zero-order valence-corrected chi connectivity index (χ0v) is 12.8. The van der Waals surface area contributed by atoms with E-state index >= 15 is 0 Å². The van der Waals surface area contributed by atoms with E-state index in [2.05, 4.69) is 0 Å². The molecule has 1 aromatic rings. The number of ether oxygens (including phenoxy) is 1. The van der Waals surface area contributed by atoms with Gasteiger partial charge in [0, 0.05) is 18.4 Å². The van der Waals surface area contributed by atoms with E-state index in [1.807, 2.05) is 20.8 Å². The summed E-state index contributed by atoms with van der Waals surface area (Å²) in [5.74, 6) is -0.355. The molecule has 1 amide bonds. The predicted octanol–water partition coefficient (Wildman–Crippen LogP) is 1.86. The van der Waals surface area contributed by atoms with Crippen molar-refractivity contribution in [1.29, 1.82) is 0 Å². The first-order valence-electron chi connectivity index (χ1n) is 6.93. The summed E-state index contributed by atoms with van der Waals surface area (Å²) >= 11 is 0. The van der Waals surface area contributed by atoms with Crippen molar-refractivity contribution in [3.05, 3.63) is 29.3 Å². The second kappa shape index (κ2) is 5.39. The van der Waals surface area contributed by atoms with Crippen LogP contribution in [-0.4, -0.2) is 35.0 Å². The lowest BCUT2D eigenvalue weighted by Gasteiger charge is -2.38. The van der Waals surface area contributed by atoms with Crippen molar-refractivity contribution in [2.75, 3.05) is 7.11 Å². The fourth-order valence-corrected chi connectivity index (χ4v) is 2.56. The van der Waals surface area contributed by atoms with E-state index in [1.54, 1.807) is 23.1 Å². The van der Waals surface area contributed by atoms with E-state index in [0.29, 0.717) is 13.0 Å². The summed E-state index contributed by atoms with van der Waals surface area (Å²) in [5.41, 5.74) is 1.24. The molecule has 0 aromatic heterocycles. The van der Waals surface area contributed by atoms with Gasteiger partial charge >= 0.3 is 5.97 Å². The Labute approximate surface area is 124 Å². The van der Waals surface area contributed by atoms with Crippen LogP contribution < -0.4 is 0 Å². The lowest BCUT2D eigenvalue weighted by Crippen LogP contribution is -2.52. The maximum absolute atomic E-state index is 12.6. The van der Waals surface area contributed by atoms with Crippen LogP contribution in [0.3, 0.4) is 0 Å². The number of carbonyl (C=O) groups excluding carboxylic acids is 2. The molecule has 1 heterocycles. The molecule has 0 unspecified atom stereocenters. The smallest absolute Gasteiger partial charge is 0.328 e. The van der Waals surface area contributed by atoms with Gasteiger partial charge in [0.15, 0.2) is 0 Å². The first-order chi connectivity index (χ1) is 9.74. The van der Waals surface area contributed by atoms with Gasteiger partial charge in [-0.05, 0) is 23.3 Å². The normalized spacial score (nSPS) is 18.1. The number of nitrogens with zero attached hydrogens (tertiary/aromatic N) is 1. The van der Waals surface area contributed by atoms with Crippen molar-refractivity contribution in [3.8, 4) is 5.75 Å². The van der Waals surface area contributed by atoms with Crippen molar-refractivity contribution in [3.63, 3.8) is 0 Å². The van der Waals surface area contributed by atoms with Crippen molar-refractivity contribution in [2.24, 2.45) is 5.41 Å². The molecule has 114 valence electrons. The van der Waals surface area contributed by atoms with Crippen LogP contribution in [0.2, 0.25) is 0 Å². The quantitative estimate of drug-likeness (QED) is 0.802. The molecule has 1 aromatic carbocycles. The van der Waals surface area contributed by atoms with Gasteiger partial charge in [-0.1, -0.05) is 26.8 Å². The molecule has 0 aliphatic carbocycles. The number of carbonyl (C=O) groups is 2. The van der Waals surface area contributed by atoms with Gasteiger partial charge in [-0.15, -0.1) is 0 Å². The standard InChI is InChI=1S/C16H21NO4/c1-16(2,3)15(20)17-9-11-7-12(18)6-5-10(11)8-13(17)14(19)21-4/h5-7,13,18H,8-9H2,1-4H3/t13-/m0/s1. The number of methoxy groups -OCH3 is 1. The summed E-state index contributed by atoms with van der Waals surface area (Å²) in [6.07, 6.45) is 0.407. The van der Waals surface area contributed by atoms with Gasteiger partial charge < -0.3 is 14.7 Å². The number of esters is 1. The maximum Gasteiger partial charge on any atom is 0.328 e. The summed E-state index contributed by atoms with van der Waals surface area (Å²) in [5, 5.41) is 9.60. The van der Waals surface area contributed by atoms with E-state index in [1.165, 1.54) is 7.11 Å². The largest absolute Gasteiger partial charge is 0.508 e.